The second-order valence-electron chi connectivity index (χ2n) is 13.6. The van der Waals surface area contributed by atoms with E-state index in [-0.39, 0.29) is 23.4 Å². The lowest BCUT2D eigenvalue weighted by molar-refractivity contribution is -0.163. The molecule has 1 heterocycles. The van der Waals surface area contributed by atoms with Crippen molar-refractivity contribution in [3.63, 3.8) is 0 Å². The van der Waals surface area contributed by atoms with Crippen LogP contribution in [0.25, 0.3) is 0 Å². The van der Waals surface area contributed by atoms with E-state index in [1.165, 1.54) is 0 Å². The third kappa shape index (κ3) is 8.09. The first-order valence-electron chi connectivity index (χ1n) is 16.6. The fraction of sp³-hybridized carbons (Fsp3) is 0.325. The molecule has 1 saturated heterocycles. The average molecular weight is 647 g/mol. The summed E-state index contributed by atoms with van der Waals surface area (Å²) in [5.74, 6) is -0.951. The van der Waals surface area contributed by atoms with E-state index in [9.17, 15) is 14.4 Å². The number of nitrogens with one attached hydrogen (secondary N) is 1. The molecule has 0 aliphatic carbocycles. The lowest BCUT2D eigenvalue weighted by Gasteiger charge is -2.42. The molecule has 0 spiro atoms. The summed E-state index contributed by atoms with van der Waals surface area (Å²) in [5, 5.41) is 5.80. The number of carbonyl (C=O) groups excluding carboxylic acids is 3. The van der Waals surface area contributed by atoms with Crippen LogP contribution in [-0.2, 0) is 20.7 Å². The number of benzene rings is 4. The molecule has 1 aliphatic rings. The van der Waals surface area contributed by atoms with Crippen LogP contribution in [0.3, 0.4) is 0 Å². The molecule has 244 valence electrons. The largest absolute Gasteiger partial charge is 0.458 e. The number of esters is 1. The van der Waals surface area contributed by atoms with E-state index in [1.54, 1.807) is 4.90 Å². The number of nitrogens with zero attached hydrogens (tertiary/aromatic N) is 1. The lowest BCUT2D eigenvalue weighted by atomic mass is 10.1. The molecule has 7 heteroatoms. The van der Waals surface area contributed by atoms with Gasteiger partial charge in [0.1, 0.15) is 19.7 Å². The zero-order chi connectivity index (χ0) is 33.4. The molecule has 1 N–H and O–H groups in total. The number of carbonyl (C=O) groups is 3. The van der Waals surface area contributed by atoms with Gasteiger partial charge in [-0.05, 0) is 63.8 Å². The Labute approximate surface area is 280 Å². The molecule has 2 amide bonds. The number of amides is 2. The van der Waals surface area contributed by atoms with Gasteiger partial charge in [0.2, 0.25) is 5.91 Å². The summed E-state index contributed by atoms with van der Waals surface area (Å²) in [4.78, 5) is 43.4. The van der Waals surface area contributed by atoms with Crippen LogP contribution in [0.2, 0.25) is 6.04 Å². The van der Waals surface area contributed by atoms with Crippen molar-refractivity contribution in [2.24, 2.45) is 5.92 Å². The molecule has 0 radical (unpaired) electrons. The highest BCUT2D eigenvalue weighted by Gasteiger charge is 2.49. The highest BCUT2D eigenvalue weighted by Crippen LogP contribution is 2.29. The molecule has 47 heavy (non-hydrogen) atoms. The highest BCUT2D eigenvalue weighted by atomic mass is 28.3. The Morgan fingerprint density at radius 1 is 0.809 bits per heavy atom. The Balaban J connectivity index is 1.61. The van der Waals surface area contributed by atoms with Crippen LogP contribution in [0.1, 0.15) is 56.5 Å². The van der Waals surface area contributed by atoms with Gasteiger partial charge in [0.25, 0.3) is 5.91 Å². The van der Waals surface area contributed by atoms with Crippen LogP contribution in [0.15, 0.2) is 121 Å². The molecule has 6 nitrogen and oxygen atoms in total. The Hall–Kier alpha value is -4.49. The minimum Gasteiger partial charge on any atom is -0.458 e. The average Bonchev–Trinajstić information content (AvgIpc) is 3.58. The van der Waals surface area contributed by atoms with E-state index in [1.807, 2.05) is 113 Å². The second kappa shape index (κ2) is 14.9. The lowest BCUT2D eigenvalue weighted by Crippen LogP contribution is -2.72. The van der Waals surface area contributed by atoms with Gasteiger partial charge in [-0.15, -0.1) is 0 Å². The molecule has 0 unspecified atom stereocenters. The number of rotatable bonds is 11. The zero-order valence-electron chi connectivity index (χ0n) is 27.9. The van der Waals surface area contributed by atoms with Crippen LogP contribution in [-0.4, -0.2) is 54.6 Å². The topological polar surface area (TPSA) is 75.7 Å². The Bertz CT molecular complexity index is 1590. The normalized spacial score (nSPS) is 16.3. The standard InChI is InChI=1S/C40H46N2O4Si/c1-30(38(44)42-27-17-26-35(42)39(45)46-40(2,3)4)29-47(33-22-13-7-14-23-33,34-24-15-8-16-25-34)36(28-31-18-9-5-10-19-31)41-37(43)32-20-11-6-12-21-32/h5-16,18-25,30,35-36H,17,26-29H2,1-4H3,(H,41,43)/t30-,35+,36-/m1/s1. The molecule has 4 aromatic carbocycles. The Kier molecular flexibility index (Phi) is 10.8. The first kappa shape index (κ1) is 33.9. The highest BCUT2D eigenvalue weighted by molar-refractivity contribution is 7.03. The summed E-state index contributed by atoms with van der Waals surface area (Å²) in [6.07, 6.45) is 1.95. The molecular formula is C40H46N2O4Si. The fourth-order valence-corrected chi connectivity index (χ4v) is 12.5. The Morgan fingerprint density at radius 2 is 1.32 bits per heavy atom. The first-order chi connectivity index (χ1) is 22.6. The number of ether oxygens (including phenoxy) is 1. The predicted octanol–water partition coefficient (Wildman–Crippen LogP) is 5.80. The van der Waals surface area contributed by atoms with E-state index in [0.29, 0.717) is 31.0 Å². The molecule has 1 fully saturated rings. The maximum atomic E-state index is 14.4. The van der Waals surface area contributed by atoms with Crippen molar-refractivity contribution in [2.75, 3.05) is 6.54 Å². The third-order valence-corrected chi connectivity index (χ3v) is 14.6. The van der Waals surface area contributed by atoms with Gasteiger partial charge in [0.05, 0.1) is 0 Å². The van der Waals surface area contributed by atoms with Gasteiger partial charge < -0.3 is 15.0 Å². The predicted molar refractivity (Wildman–Crippen MR) is 190 cm³/mol. The van der Waals surface area contributed by atoms with Crippen LogP contribution in [0.5, 0.6) is 0 Å². The third-order valence-electron chi connectivity index (χ3n) is 9.06. The molecule has 0 bridgehead atoms. The Morgan fingerprint density at radius 3 is 1.85 bits per heavy atom. The number of hydrogen-bond donors (Lipinski definition) is 1. The summed E-state index contributed by atoms with van der Waals surface area (Å²) in [7, 11) is -3.02. The maximum absolute atomic E-state index is 14.4. The van der Waals surface area contributed by atoms with Crippen molar-refractivity contribution >= 4 is 36.2 Å². The smallest absolute Gasteiger partial charge is 0.329 e. The van der Waals surface area contributed by atoms with E-state index in [0.717, 1.165) is 22.4 Å². The zero-order valence-corrected chi connectivity index (χ0v) is 28.9. The van der Waals surface area contributed by atoms with Crippen molar-refractivity contribution in [3.8, 4) is 0 Å². The fourth-order valence-electron chi connectivity index (χ4n) is 6.95. The second-order valence-corrected chi connectivity index (χ2v) is 17.8. The van der Waals surface area contributed by atoms with Gasteiger partial charge in [-0.25, -0.2) is 4.79 Å². The van der Waals surface area contributed by atoms with Gasteiger partial charge in [-0.2, -0.15) is 0 Å². The number of hydrogen-bond acceptors (Lipinski definition) is 4. The van der Waals surface area contributed by atoms with Crippen molar-refractivity contribution in [1.82, 2.24) is 10.2 Å². The molecule has 0 saturated carbocycles. The summed E-state index contributed by atoms with van der Waals surface area (Å²) >= 11 is 0. The maximum Gasteiger partial charge on any atom is 0.329 e. The van der Waals surface area contributed by atoms with Crippen LogP contribution in [0.4, 0.5) is 0 Å². The SMILES string of the molecule is C[C@H](C[Si](c1ccccc1)(c1ccccc1)[C@H](Cc1ccccc1)NC(=O)c1ccccc1)C(=O)N1CCC[C@H]1C(=O)OC(C)(C)C. The summed E-state index contributed by atoms with van der Waals surface area (Å²) in [6, 6.07) is 40.3. The summed E-state index contributed by atoms with van der Waals surface area (Å²) < 4.78 is 5.74. The number of likely N-dealkylation sites (tertiary alicyclic amines) is 1. The van der Waals surface area contributed by atoms with Gasteiger partial charge in [0, 0.05) is 23.7 Å². The van der Waals surface area contributed by atoms with E-state index >= 15 is 0 Å². The quantitative estimate of drug-likeness (QED) is 0.165. The van der Waals surface area contributed by atoms with Gasteiger partial charge in [-0.1, -0.05) is 126 Å². The van der Waals surface area contributed by atoms with Crippen molar-refractivity contribution in [1.29, 1.82) is 0 Å². The van der Waals surface area contributed by atoms with Gasteiger partial charge in [-0.3, -0.25) is 9.59 Å². The molecule has 3 atom stereocenters. The minimum atomic E-state index is -3.02. The van der Waals surface area contributed by atoms with E-state index in [4.69, 9.17) is 4.74 Å². The molecule has 5 rings (SSSR count). The first-order valence-corrected chi connectivity index (χ1v) is 18.9. The van der Waals surface area contributed by atoms with Crippen molar-refractivity contribution in [3.05, 3.63) is 132 Å². The van der Waals surface area contributed by atoms with E-state index in [2.05, 4.69) is 41.7 Å². The molecular weight excluding hydrogens is 601 g/mol. The van der Waals surface area contributed by atoms with Gasteiger partial charge >= 0.3 is 5.97 Å². The molecule has 4 aromatic rings. The van der Waals surface area contributed by atoms with Gasteiger partial charge in [0.15, 0.2) is 0 Å². The monoisotopic (exact) mass is 646 g/mol. The summed E-state index contributed by atoms with van der Waals surface area (Å²) in [5.41, 5.74) is 0.775. The van der Waals surface area contributed by atoms with Crippen LogP contribution < -0.4 is 15.7 Å². The summed E-state index contributed by atoms with van der Waals surface area (Å²) in [6.45, 7) is 8.07. The van der Waals surface area contributed by atoms with Crippen molar-refractivity contribution < 1.29 is 19.1 Å². The van der Waals surface area contributed by atoms with Crippen molar-refractivity contribution in [2.45, 2.75) is 70.3 Å². The minimum absolute atomic E-state index is 0.0463. The van der Waals surface area contributed by atoms with Crippen LogP contribution >= 0.6 is 0 Å². The van der Waals surface area contributed by atoms with E-state index < -0.39 is 25.6 Å². The molecule has 1 aliphatic heterocycles. The molecule has 0 aromatic heterocycles. The van der Waals surface area contributed by atoms with Crippen LogP contribution in [0, 0.1) is 5.92 Å².